The molecule has 0 aliphatic heterocycles. The summed E-state index contributed by atoms with van der Waals surface area (Å²) in [5, 5.41) is 7.17. The minimum Gasteiger partial charge on any atom is -0.297 e. The Hall–Kier alpha value is -1.47. The Labute approximate surface area is 127 Å². The average molecular weight is 332 g/mol. The lowest BCUT2D eigenvalue weighted by molar-refractivity contribution is 0.488. The number of halogens is 2. The van der Waals surface area contributed by atoms with Gasteiger partial charge in [0.05, 0.1) is 0 Å². The highest BCUT2D eigenvalue weighted by atomic mass is 35.7. The monoisotopic (exact) mass is 331 g/mol. The highest BCUT2D eigenvalue weighted by molar-refractivity contribution is 8.13. The maximum atomic E-state index is 13.7. The molecular weight excluding hydrogens is 317 g/mol. The van der Waals surface area contributed by atoms with Gasteiger partial charge >= 0.3 is 0 Å². The van der Waals surface area contributed by atoms with Gasteiger partial charge in [-0.3, -0.25) is 4.57 Å². The van der Waals surface area contributed by atoms with Crippen molar-refractivity contribution in [1.29, 1.82) is 0 Å². The van der Waals surface area contributed by atoms with Crippen molar-refractivity contribution < 1.29 is 12.8 Å². The van der Waals surface area contributed by atoms with Gasteiger partial charge in [0.2, 0.25) is 0 Å². The van der Waals surface area contributed by atoms with Crippen LogP contribution in [0.1, 0.15) is 19.4 Å². The Morgan fingerprint density at radius 1 is 1.33 bits per heavy atom. The molecule has 1 aromatic heterocycles. The summed E-state index contributed by atoms with van der Waals surface area (Å²) in [6, 6.07) is 4.58. The van der Waals surface area contributed by atoms with Gasteiger partial charge < -0.3 is 0 Å². The zero-order chi connectivity index (χ0) is 15.8. The number of aryl methyl sites for hydroxylation is 1. The average Bonchev–Trinajstić information content (AvgIpc) is 2.75. The SMILES string of the molecule is Cc1ccc(-c2nnc(S(=O)(=O)Cl)n2CC(C)C)cc1F. The Kier molecular flexibility index (Phi) is 4.34. The van der Waals surface area contributed by atoms with Gasteiger partial charge in [-0.15, -0.1) is 10.2 Å². The first-order chi connectivity index (χ1) is 9.70. The molecule has 0 amide bonds. The molecule has 0 fully saturated rings. The number of aromatic nitrogens is 3. The summed E-state index contributed by atoms with van der Waals surface area (Å²) in [7, 11) is 1.36. The molecule has 2 aromatic rings. The molecule has 0 N–H and O–H groups in total. The third-order valence-electron chi connectivity index (χ3n) is 2.91. The Bertz CT molecular complexity index is 772. The number of nitrogens with zero attached hydrogens (tertiary/aromatic N) is 3. The van der Waals surface area contributed by atoms with E-state index >= 15 is 0 Å². The van der Waals surface area contributed by atoms with Gasteiger partial charge in [-0.2, -0.15) is 0 Å². The van der Waals surface area contributed by atoms with Crippen LogP contribution in [0.2, 0.25) is 0 Å². The smallest absolute Gasteiger partial charge is 0.296 e. The third-order valence-corrected chi connectivity index (χ3v) is 4.06. The van der Waals surface area contributed by atoms with E-state index in [4.69, 9.17) is 10.7 Å². The van der Waals surface area contributed by atoms with Crippen LogP contribution in [0.4, 0.5) is 4.39 Å². The minimum absolute atomic E-state index is 0.146. The van der Waals surface area contributed by atoms with Crippen LogP contribution < -0.4 is 0 Å². The van der Waals surface area contributed by atoms with E-state index in [1.165, 1.54) is 10.6 Å². The van der Waals surface area contributed by atoms with E-state index < -0.39 is 9.05 Å². The molecule has 0 aliphatic rings. The molecule has 21 heavy (non-hydrogen) atoms. The van der Waals surface area contributed by atoms with E-state index in [2.05, 4.69) is 10.2 Å². The van der Waals surface area contributed by atoms with E-state index in [1.54, 1.807) is 19.1 Å². The molecular formula is C13H15ClFN3O2S. The van der Waals surface area contributed by atoms with Crippen molar-refractivity contribution in [3.8, 4) is 11.4 Å². The predicted octanol–water partition coefficient (Wildman–Crippen LogP) is 2.98. The number of rotatable bonds is 4. The molecule has 5 nitrogen and oxygen atoms in total. The minimum atomic E-state index is -4.02. The first-order valence-electron chi connectivity index (χ1n) is 6.34. The molecule has 8 heteroatoms. The highest BCUT2D eigenvalue weighted by Gasteiger charge is 2.24. The second-order valence-electron chi connectivity index (χ2n) is 5.21. The van der Waals surface area contributed by atoms with Crippen molar-refractivity contribution in [2.75, 3.05) is 0 Å². The maximum Gasteiger partial charge on any atom is 0.296 e. The van der Waals surface area contributed by atoms with Crippen LogP contribution in [-0.2, 0) is 15.6 Å². The van der Waals surface area contributed by atoms with Gasteiger partial charge in [0.1, 0.15) is 5.82 Å². The molecule has 2 rings (SSSR count). The first-order valence-corrected chi connectivity index (χ1v) is 8.65. The van der Waals surface area contributed by atoms with Crippen LogP contribution in [0, 0.1) is 18.7 Å². The molecule has 0 radical (unpaired) electrons. The number of benzene rings is 1. The van der Waals surface area contributed by atoms with Gasteiger partial charge in [0.25, 0.3) is 14.2 Å². The van der Waals surface area contributed by atoms with Crippen molar-refractivity contribution in [1.82, 2.24) is 14.8 Å². The summed E-state index contributed by atoms with van der Waals surface area (Å²) in [5.74, 6) is 0.0379. The van der Waals surface area contributed by atoms with Crippen LogP contribution in [-0.4, -0.2) is 23.2 Å². The summed E-state index contributed by atoms with van der Waals surface area (Å²) in [6.45, 7) is 5.85. The predicted molar refractivity (Wildman–Crippen MR) is 78.0 cm³/mol. The van der Waals surface area contributed by atoms with Crippen LogP contribution in [0.5, 0.6) is 0 Å². The van der Waals surface area contributed by atoms with Gasteiger partial charge in [-0.05, 0) is 24.5 Å². The quantitative estimate of drug-likeness (QED) is 0.808. The molecule has 1 heterocycles. The van der Waals surface area contributed by atoms with E-state index in [0.29, 0.717) is 17.7 Å². The first kappa shape index (κ1) is 15.9. The lowest BCUT2D eigenvalue weighted by Gasteiger charge is -2.11. The summed E-state index contributed by atoms with van der Waals surface area (Å²) < 4.78 is 38.2. The van der Waals surface area contributed by atoms with E-state index in [9.17, 15) is 12.8 Å². The summed E-state index contributed by atoms with van der Waals surface area (Å²) in [5.41, 5.74) is 0.955. The highest BCUT2D eigenvalue weighted by Crippen LogP contribution is 2.25. The van der Waals surface area contributed by atoms with Gasteiger partial charge in [-0.25, -0.2) is 12.8 Å². The van der Waals surface area contributed by atoms with Crippen LogP contribution >= 0.6 is 10.7 Å². The molecule has 0 saturated carbocycles. The largest absolute Gasteiger partial charge is 0.297 e. The zero-order valence-electron chi connectivity index (χ0n) is 11.8. The molecule has 114 valence electrons. The Balaban J connectivity index is 2.63. The zero-order valence-corrected chi connectivity index (χ0v) is 13.4. The number of hydrogen-bond acceptors (Lipinski definition) is 4. The molecule has 0 atom stereocenters. The van der Waals surface area contributed by atoms with E-state index in [0.717, 1.165) is 0 Å². The van der Waals surface area contributed by atoms with Crippen molar-refractivity contribution in [3.05, 3.63) is 29.6 Å². The standard InChI is InChI=1S/C13H15ClFN3O2S/c1-8(2)7-18-12(16-17-13(18)21(14,19)20)10-5-4-9(3)11(15)6-10/h4-6,8H,7H2,1-3H3. The maximum absolute atomic E-state index is 13.7. The fraction of sp³-hybridized carbons (Fsp3) is 0.385. The molecule has 0 bridgehead atoms. The van der Waals surface area contributed by atoms with E-state index in [1.807, 2.05) is 13.8 Å². The van der Waals surface area contributed by atoms with Crippen molar-refractivity contribution in [2.45, 2.75) is 32.5 Å². The lowest BCUT2D eigenvalue weighted by atomic mass is 10.1. The van der Waals surface area contributed by atoms with Crippen molar-refractivity contribution in [2.24, 2.45) is 5.92 Å². The molecule has 1 aromatic carbocycles. The van der Waals surface area contributed by atoms with Crippen LogP contribution in [0.25, 0.3) is 11.4 Å². The summed E-state index contributed by atoms with van der Waals surface area (Å²) in [4.78, 5) is 0. The van der Waals surface area contributed by atoms with Crippen LogP contribution in [0.3, 0.4) is 0 Å². The van der Waals surface area contributed by atoms with Crippen molar-refractivity contribution >= 4 is 19.7 Å². The second-order valence-corrected chi connectivity index (χ2v) is 7.67. The van der Waals surface area contributed by atoms with Crippen molar-refractivity contribution in [3.63, 3.8) is 0 Å². The Morgan fingerprint density at radius 3 is 2.52 bits per heavy atom. The van der Waals surface area contributed by atoms with Gasteiger partial charge in [0.15, 0.2) is 5.82 Å². The lowest BCUT2D eigenvalue weighted by Crippen LogP contribution is -2.12. The molecule has 0 spiro atoms. The molecule has 0 aliphatic carbocycles. The third kappa shape index (κ3) is 3.41. The second kappa shape index (κ2) is 5.73. The van der Waals surface area contributed by atoms with Gasteiger partial charge in [-0.1, -0.05) is 26.0 Å². The summed E-state index contributed by atoms with van der Waals surface area (Å²) >= 11 is 0. The summed E-state index contributed by atoms with van der Waals surface area (Å²) in [6.07, 6.45) is 0. The number of hydrogen-bond donors (Lipinski definition) is 0. The fourth-order valence-corrected chi connectivity index (χ4v) is 2.85. The Morgan fingerprint density at radius 2 is 2.00 bits per heavy atom. The molecule has 0 saturated heterocycles. The topological polar surface area (TPSA) is 64.8 Å². The van der Waals surface area contributed by atoms with Crippen LogP contribution in [0.15, 0.2) is 23.4 Å². The van der Waals surface area contributed by atoms with E-state index in [-0.39, 0.29) is 22.7 Å². The molecule has 0 unspecified atom stereocenters. The van der Waals surface area contributed by atoms with Gasteiger partial charge in [0, 0.05) is 22.8 Å². The fourth-order valence-electron chi connectivity index (χ4n) is 1.94. The normalized spacial score (nSPS) is 12.1.